The highest BCUT2D eigenvalue weighted by Gasteiger charge is 2.17. The van der Waals surface area contributed by atoms with Crippen molar-refractivity contribution < 1.29 is 9.47 Å². The van der Waals surface area contributed by atoms with Gasteiger partial charge in [0.1, 0.15) is 5.75 Å². The first-order valence-electron chi connectivity index (χ1n) is 6.02. The Labute approximate surface area is 117 Å². The van der Waals surface area contributed by atoms with E-state index in [2.05, 4.69) is 21.4 Å². The predicted molar refractivity (Wildman–Crippen MR) is 76.6 cm³/mol. The van der Waals surface area contributed by atoms with Crippen molar-refractivity contribution in [2.45, 2.75) is 32.4 Å². The van der Waals surface area contributed by atoms with E-state index in [4.69, 9.17) is 15.3 Å². The zero-order chi connectivity index (χ0) is 13.5. The Hall–Kier alpha value is -0.620. The van der Waals surface area contributed by atoms with Crippen molar-refractivity contribution in [2.24, 2.45) is 5.84 Å². The normalized spacial score (nSPS) is 14.3. The molecule has 0 radical (unpaired) electrons. The lowest BCUT2D eigenvalue weighted by Crippen LogP contribution is -2.45. The smallest absolute Gasteiger partial charge is 0.133 e. The minimum Gasteiger partial charge on any atom is -0.496 e. The summed E-state index contributed by atoms with van der Waals surface area (Å²) in [5, 5.41) is 0. The Morgan fingerprint density at radius 1 is 1.44 bits per heavy atom. The summed E-state index contributed by atoms with van der Waals surface area (Å²) in [6, 6.07) is 6.11. The lowest BCUT2D eigenvalue weighted by molar-refractivity contribution is 0.0476. The van der Waals surface area contributed by atoms with Gasteiger partial charge in [-0.2, -0.15) is 0 Å². The van der Waals surface area contributed by atoms with Crippen LogP contribution in [0.15, 0.2) is 22.7 Å². The van der Waals surface area contributed by atoms with E-state index in [1.165, 1.54) is 5.56 Å². The topological polar surface area (TPSA) is 56.5 Å². The van der Waals surface area contributed by atoms with Gasteiger partial charge < -0.3 is 9.47 Å². The molecule has 102 valence electrons. The van der Waals surface area contributed by atoms with Crippen LogP contribution in [0, 0.1) is 0 Å². The molecule has 0 aliphatic heterocycles. The summed E-state index contributed by atoms with van der Waals surface area (Å²) in [5.74, 6) is 6.41. The van der Waals surface area contributed by atoms with Crippen LogP contribution in [0.3, 0.4) is 0 Å². The predicted octanol–water partition coefficient (Wildman–Crippen LogP) is 2.26. The number of rotatable bonds is 7. The summed E-state index contributed by atoms with van der Waals surface area (Å²) in [5.41, 5.74) is 3.99. The Balaban J connectivity index is 2.72. The molecule has 18 heavy (non-hydrogen) atoms. The summed E-state index contributed by atoms with van der Waals surface area (Å²) in [6.45, 7) is 4.69. The maximum absolute atomic E-state index is 5.58. The summed E-state index contributed by atoms with van der Waals surface area (Å²) in [6.07, 6.45) is 0.876. The highest BCUT2D eigenvalue weighted by molar-refractivity contribution is 9.10. The standard InChI is InChI=1S/C13H21BrN2O2/c1-4-18-9(2)12(16-15)8-10-5-6-13(17-3)11(14)7-10/h5-7,9,12,16H,4,8,15H2,1-3H3. The van der Waals surface area contributed by atoms with Crippen LogP contribution in [-0.2, 0) is 11.2 Å². The summed E-state index contributed by atoms with van der Waals surface area (Å²) >= 11 is 3.48. The van der Waals surface area contributed by atoms with E-state index in [-0.39, 0.29) is 12.1 Å². The van der Waals surface area contributed by atoms with Crippen LogP contribution in [0.25, 0.3) is 0 Å². The molecule has 0 amide bonds. The third kappa shape index (κ3) is 4.24. The fraction of sp³-hybridized carbons (Fsp3) is 0.538. The van der Waals surface area contributed by atoms with Gasteiger partial charge in [-0.05, 0) is 53.9 Å². The minimum absolute atomic E-state index is 0.0703. The maximum atomic E-state index is 5.58. The first-order chi connectivity index (χ1) is 8.62. The summed E-state index contributed by atoms with van der Waals surface area (Å²) in [7, 11) is 1.65. The van der Waals surface area contributed by atoms with Crippen molar-refractivity contribution in [3.05, 3.63) is 28.2 Å². The third-order valence-electron chi connectivity index (χ3n) is 2.88. The number of halogens is 1. The second kappa shape index (κ2) is 7.74. The molecular formula is C13H21BrN2O2. The Bertz CT molecular complexity index is 374. The fourth-order valence-corrected chi connectivity index (χ4v) is 2.42. The lowest BCUT2D eigenvalue weighted by Gasteiger charge is -2.23. The zero-order valence-corrected chi connectivity index (χ0v) is 12.7. The van der Waals surface area contributed by atoms with Gasteiger partial charge in [0.15, 0.2) is 0 Å². The second-order valence-electron chi connectivity index (χ2n) is 4.11. The molecule has 0 aliphatic rings. The van der Waals surface area contributed by atoms with Gasteiger partial charge in [0.25, 0.3) is 0 Å². The van der Waals surface area contributed by atoms with Crippen LogP contribution in [-0.4, -0.2) is 25.9 Å². The van der Waals surface area contributed by atoms with Gasteiger partial charge in [-0.15, -0.1) is 0 Å². The largest absolute Gasteiger partial charge is 0.496 e. The monoisotopic (exact) mass is 316 g/mol. The third-order valence-corrected chi connectivity index (χ3v) is 3.50. The van der Waals surface area contributed by atoms with Crippen molar-refractivity contribution >= 4 is 15.9 Å². The van der Waals surface area contributed by atoms with Crippen LogP contribution in [0.4, 0.5) is 0 Å². The van der Waals surface area contributed by atoms with Crippen molar-refractivity contribution in [3.63, 3.8) is 0 Å². The number of hydrogen-bond donors (Lipinski definition) is 2. The van der Waals surface area contributed by atoms with E-state index >= 15 is 0 Å². The van der Waals surface area contributed by atoms with E-state index in [9.17, 15) is 0 Å². The van der Waals surface area contributed by atoms with Crippen molar-refractivity contribution in [1.82, 2.24) is 5.43 Å². The number of methoxy groups -OCH3 is 1. The first kappa shape index (κ1) is 15.4. The van der Waals surface area contributed by atoms with Crippen LogP contribution in [0.1, 0.15) is 19.4 Å². The molecule has 0 saturated heterocycles. The summed E-state index contributed by atoms with van der Waals surface area (Å²) < 4.78 is 11.7. The van der Waals surface area contributed by atoms with Crippen LogP contribution in [0.5, 0.6) is 5.75 Å². The summed E-state index contributed by atoms with van der Waals surface area (Å²) in [4.78, 5) is 0. The maximum Gasteiger partial charge on any atom is 0.133 e. The van der Waals surface area contributed by atoms with Crippen molar-refractivity contribution in [3.8, 4) is 5.75 Å². The molecule has 0 heterocycles. The molecule has 0 bridgehead atoms. The highest BCUT2D eigenvalue weighted by atomic mass is 79.9. The number of nitrogens with one attached hydrogen (secondary N) is 1. The van der Waals surface area contributed by atoms with Crippen LogP contribution >= 0.6 is 15.9 Å². The molecule has 0 saturated carbocycles. The molecule has 1 rings (SSSR count). The van der Waals surface area contributed by atoms with Crippen LogP contribution in [0.2, 0.25) is 0 Å². The Morgan fingerprint density at radius 3 is 2.67 bits per heavy atom. The van der Waals surface area contributed by atoms with Gasteiger partial charge >= 0.3 is 0 Å². The number of benzene rings is 1. The molecule has 2 unspecified atom stereocenters. The molecular weight excluding hydrogens is 296 g/mol. The minimum atomic E-state index is 0.0703. The lowest BCUT2D eigenvalue weighted by atomic mass is 10.0. The molecule has 3 N–H and O–H groups in total. The van der Waals surface area contributed by atoms with E-state index in [1.807, 2.05) is 32.0 Å². The SMILES string of the molecule is CCOC(C)C(Cc1ccc(OC)c(Br)c1)NN. The van der Waals surface area contributed by atoms with E-state index < -0.39 is 0 Å². The number of hydrazine groups is 1. The van der Waals surface area contributed by atoms with Crippen LogP contribution < -0.4 is 16.0 Å². The van der Waals surface area contributed by atoms with Gasteiger partial charge in [0.05, 0.1) is 23.7 Å². The van der Waals surface area contributed by atoms with Gasteiger partial charge in [0.2, 0.25) is 0 Å². The van der Waals surface area contributed by atoms with E-state index in [1.54, 1.807) is 7.11 Å². The molecule has 0 aromatic heterocycles. The fourth-order valence-electron chi connectivity index (χ4n) is 1.83. The van der Waals surface area contributed by atoms with Gasteiger partial charge in [-0.3, -0.25) is 11.3 Å². The quantitative estimate of drug-likeness (QED) is 0.598. The van der Waals surface area contributed by atoms with Crippen molar-refractivity contribution in [1.29, 1.82) is 0 Å². The van der Waals surface area contributed by atoms with E-state index in [0.29, 0.717) is 6.61 Å². The molecule has 2 atom stereocenters. The number of ether oxygens (including phenoxy) is 2. The average molecular weight is 317 g/mol. The second-order valence-corrected chi connectivity index (χ2v) is 4.96. The Kier molecular flexibility index (Phi) is 6.63. The van der Waals surface area contributed by atoms with Gasteiger partial charge in [0, 0.05) is 6.61 Å². The molecule has 5 heteroatoms. The molecule has 0 spiro atoms. The molecule has 1 aromatic rings. The molecule has 4 nitrogen and oxygen atoms in total. The van der Waals surface area contributed by atoms with Gasteiger partial charge in [-0.25, -0.2) is 0 Å². The average Bonchev–Trinajstić information content (AvgIpc) is 2.36. The molecule has 0 aliphatic carbocycles. The first-order valence-corrected chi connectivity index (χ1v) is 6.81. The molecule has 0 fully saturated rings. The molecule has 1 aromatic carbocycles. The Morgan fingerprint density at radius 2 is 2.17 bits per heavy atom. The van der Waals surface area contributed by atoms with Crippen molar-refractivity contribution in [2.75, 3.05) is 13.7 Å². The number of nitrogens with two attached hydrogens (primary N) is 1. The highest BCUT2D eigenvalue weighted by Crippen LogP contribution is 2.26. The van der Waals surface area contributed by atoms with Gasteiger partial charge in [-0.1, -0.05) is 6.07 Å². The van der Waals surface area contributed by atoms with E-state index in [0.717, 1.165) is 16.6 Å². The zero-order valence-electron chi connectivity index (χ0n) is 11.1. The number of hydrogen-bond acceptors (Lipinski definition) is 4.